The molecule has 0 aliphatic heterocycles. The second-order valence-corrected chi connectivity index (χ2v) is 3.71. The summed E-state index contributed by atoms with van der Waals surface area (Å²) in [6.07, 6.45) is 2.52. The molecule has 0 saturated carbocycles. The highest BCUT2D eigenvalue weighted by Gasteiger charge is 2.07. The van der Waals surface area contributed by atoms with E-state index >= 15 is 0 Å². The minimum Gasteiger partial charge on any atom is -0.384 e. The summed E-state index contributed by atoms with van der Waals surface area (Å²) in [4.78, 5) is 12.8. The highest BCUT2D eigenvalue weighted by molar-refractivity contribution is 5.39. The van der Waals surface area contributed by atoms with Gasteiger partial charge in [-0.3, -0.25) is 4.57 Å². The molecule has 5 heteroatoms. The Kier molecular flexibility index (Phi) is 2.60. The van der Waals surface area contributed by atoms with Crippen molar-refractivity contribution in [1.82, 2.24) is 19.5 Å². The van der Waals surface area contributed by atoms with Crippen LogP contribution >= 0.6 is 0 Å². The first kappa shape index (κ1) is 10.6. The van der Waals surface area contributed by atoms with E-state index in [-0.39, 0.29) is 0 Å². The van der Waals surface area contributed by atoms with Crippen molar-refractivity contribution < 1.29 is 0 Å². The molecule has 16 heavy (non-hydrogen) atoms. The number of hydrogen-bond acceptors (Lipinski definition) is 4. The normalized spacial score (nSPS) is 10.7. The van der Waals surface area contributed by atoms with Gasteiger partial charge in [-0.25, -0.2) is 15.0 Å². The minimum absolute atomic E-state index is 0.493. The van der Waals surface area contributed by atoms with Gasteiger partial charge in [-0.15, -0.1) is 0 Å². The van der Waals surface area contributed by atoms with E-state index in [1.54, 1.807) is 12.4 Å². The van der Waals surface area contributed by atoms with E-state index in [1.165, 1.54) is 0 Å². The van der Waals surface area contributed by atoms with Crippen LogP contribution in [0.15, 0.2) is 12.4 Å². The number of aromatic nitrogens is 4. The van der Waals surface area contributed by atoms with Crippen LogP contribution in [0.25, 0.3) is 5.82 Å². The fraction of sp³-hybridized carbons (Fsp3) is 0.364. The van der Waals surface area contributed by atoms with Gasteiger partial charge in [0.25, 0.3) is 0 Å². The summed E-state index contributed by atoms with van der Waals surface area (Å²) in [5.74, 6) is 2.02. The van der Waals surface area contributed by atoms with Crippen molar-refractivity contribution >= 4 is 5.82 Å². The van der Waals surface area contributed by atoms with Gasteiger partial charge in [0.15, 0.2) is 0 Å². The summed E-state index contributed by atoms with van der Waals surface area (Å²) in [5.41, 5.74) is 7.81. The molecule has 0 aromatic carbocycles. The van der Waals surface area contributed by atoms with Gasteiger partial charge in [-0.05, 0) is 13.8 Å². The van der Waals surface area contributed by atoms with E-state index < -0.39 is 0 Å². The maximum atomic E-state index is 5.74. The summed E-state index contributed by atoms with van der Waals surface area (Å²) < 4.78 is 1.92. The first-order chi connectivity index (χ1) is 7.61. The van der Waals surface area contributed by atoms with E-state index in [1.807, 2.05) is 25.3 Å². The number of nitrogen functional groups attached to an aromatic ring is 1. The lowest BCUT2D eigenvalue weighted by Crippen LogP contribution is -2.05. The number of imidazole rings is 1. The fourth-order valence-corrected chi connectivity index (χ4v) is 1.51. The van der Waals surface area contributed by atoms with Crippen molar-refractivity contribution in [1.29, 1.82) is 0 Å². The Morgan fingerprint density at radius 3 is 2.62 bits per heavy atom. The van der Waals surface area contributed by atoms with Crippen molar-refractivity contribution in [3.63, 3.8) is 0 Å². The molecule has 2 N–H and O–H groups in total. The lowest BCUT2D eigenvalue weighted by molar-refractivity contribution is 0.876. The molecular weight excluding hydrogens is 202 g/mol. The van der Waals surface area contributed by atoms with Gasteiger partial charge in [0.2, 0.25) is 0 Å². The number of hydrogen-bond donors (Lipinski definition) is 1. The van der Waals surface area contributed by atoms with E-state index in [2.05, 4.69) is 15.0 Å². The molecule has 84 valence electrons. The predicted octanol–water partition coefficient (Wildman–Crippen LogP) is 1.42. The molecule has 5 nitrogen and oxygen atoms in total. The van der Waals surface area contributed by atoms with Gasteiger partial charge in [0.1, 0.15) is 23.8 Å². The lowest BCUT2D eigenvalue weighted by atomic mass is 10.3. The fourth-order valence-electron chi connectivity index (χ4n) is 1.51. The molecule has 0 radical (unpaired) electrons. The van der Waals surface area contributed by atoms with Crippen LogP contribution in [0.5, 0.6) is 0 Å². The number of nitrogens with zero attached hydrogens (tertiary/aromatic N) is 4. The molecule has 0 spiro atoms. The van der Waals surface area contributed by atoms with Crippen LogP contribution < -0.4 is 5.73 Å². The van der Waals surface area contributed by atoms with Gasteiger partial charge in [0, 0.05) is 18.2 Å². The molecule has 0 unspecified atom stereocenters. The van der Waals surface area contributed by atoms with Gasteiger partial charge >= 0.3 is 0 Å². The van der Waals surface area contributed by atoms with Crippen molar-refractivity contribution in [3.05, 3.63) is 29.6 Å². The SMILES string of the molecule is CCc1nc(N)cc(-n2cnc(C)c2C)n1. The van der Waals surface area contributed by atoms with Crippen molar-refractivity contribution in [3.8, 4) is 5.82 Å². The second-order valence-electron chi connectivity index (χ2n) is 3.71. The Hall–Kier alpha value is -1.91. The molecule has 2 heterocycles. The van der Waals surface area contributed by atoms with E-state index in [0.29, 0.717) is 5.82 Å². The van der Waals surface area contributed by atoms with E-state index in [4.69, 9.17) is 5.73 Å². The Balaban J connectivity index is 2.55. The number of aryl methyl sites for hydroxylation is 2. The highest BCUT2D eigenvalue weighted by atomic mass is 15.1. The van der Waals surface area contributed by atoms with Crippen molar-refractivity contribution in [2.75, 3.05) is 5.73 Å². The Morgan fingerprint density at radius 1 is 1.31 bits per heavy atom. The van der Waals surface area contributed by atoms with E-state index in [9.17, 15) is 0 Å². The van der Waals surface area contributed by atoms with Crippen molar-refractivity contribution in [2.45, 2.75) is 27.2 Å². The van der Waals surface area contributed by atoms with Crippen LogP contribution in [0.2, 0.25) is 0 Å². The molecule has 0 atom stereocenters. The molecule has 2 aromatic heterocycles. The first-order valence-corrected chi connectivity index (χ1v) is 5.26. The average Bonchev–Trinajstić information content (AvgIpc) is 2.59. The molecular formula is C11H15N5. The third-order valence-electron chi connectivity index (χ3n) is 2.59. The average molecular weight is 217 g/mol. The zero-order valence-electron chi connectivity index (χ0n) is 9.73. The Bertz CT molecular complexity index is 515. The molecule has 2 aromatic rings. The maximum Gasteiger partial charge on any atom is 0.143 e. The highest BCUT2D eigenvalue weighted by Crippen LogP contribution is 2.13. The van der Waals surface area contributed by atoms with Gasteiger partial charge < -0.3 is 5.73 Å². The van der Waals surface area contributed by atoms with Gasteiger partial charge in [-0.2, -0.15) is 0 Å². The van der Waals surface area contributed by atoms with Crippen LogP contribution in [0.3, 0.4) is 0 Å². The molecule has 2 rings (SSSR count). The van der Waals surface area contributed by atoms with Crippen LogP contribution in [0, 0.1) is 13.8 Å². The monoisotopic (exact) mass is 217 g/mol. The molecule has 0 bridgehead atoms. The summed E-state index contributed by atoms with van der Waals surface area (Å²) in [6.45, 7) is 5.98. The predicted molar refractivity (Wildman–Crippen MR) is 62.4 cm³/mol. The third kappa shape index (κ3) is 1.76. The Morgan fingerprint density at radius 2 is 2.06 bits per heavy atom. The van der Waals surface area contributed by atoms with Crippen LogP contribution in [0.1, 0.15) is 24.1 Å². The number of nitrogens with two attached hydrogens (primary N) is 1. The maximum absolute atomic E-state index is 5.74. The zero-order chi connectivity index (χ0) is 11.7. The summed E-state index contributed by atoms with van der Waals surface area (Å²) in [6, 6.07) is 1.76. The second kappa shape index (κ2) is 3.92. The minimum atomic E-state index is 0.493. The molecule has 0 fully saturated rings. The van der Waals surface area contributed by atoms with Crippen molar-refractivity contribution in [2.24, 2.45) is 0 Å². The molecule has 0 saturated heterocycles. The summed E-state index contributed by atoms with van der Waals surface area (Å²) >= 11 is 0. The quantitative estimate of drug-likeness (QED) is 0.826. The van der Waals surface area contributed by atoms with Crippen LogP contribution in [0.4, 0.5) is 5.82 Å². The van der Waals surface area contributed by atoms with Crippen LogP contribution in [-0.4, -0.2) is 19.5 Å². The van der Waals surface area contributed by atoms with Gasteiger partial charge in [0.05, 0.1) is 5.69 Å². The van der Waals surface area contributed by atoms with Crippen LogP contribution in [-0.2, 0) is 6.42 Å². The zero-order valence-corrected chi connectivity index (χ0v) is 9.73. The first-order valence-electron chi connectivity index (χ1n) is 5.26. The molecule has 0 amide bonds. The Labute approximate surface area is 94.4 Å². The van der Waals surface area contributed by atoms with E-state index in [0.717, 1.165) is 29.5 Å². The topological polar surface area (TPSA) is 69.6 Å². The smallest absolute Gasteiger partial charge is 0.143 e. The standard InChI is InChI=1S/C11H15N5/c1-4-10-14-9(12)5-11(15-10)16-6-13-7(2)8(16)3/h5-6H,4H2,1-3H3,(H2,12,14,15). The number of rotatable bonds is 2. The third-order valence-corrected chi connectivity index (χ3v) is 2.59. The summed E-state index contributed by atoms with van der Waals surface area (Å²) in [7, 11) is 0. The lowest BCUT2D eigenvalue weighted by Gasteiger charge is -2.07. The summed E-state index contributed by atoms with van der Waals surface area (Å²) in [5, 5.41) is 0. The molecule has 0 aliphatic rings. The van der Waals surface area contributed by atoms with Gasteiger partial charge in [-0.1, -0.05) is 6.92 Å². The molecule has 0 aliphatic carbocycles. The largest absolute Gasteiger partial charge is 0.384 e. The number of anilines is 1.